The first-order valence-electron chi connectivity index (χ1n) is 12.5. The SMILES string of the molecule is CCc1ccc(OC(F)(F)F)c(S(=O)(=O)N2CC[C@@H](n3ncc(NCC4(F)CCCOC4)c(Cl)c3=O)[C@H](F)C2)c1. The molecule has 0 amide bonds. The molecule has 9 nitrogen and oxygen atoms in total. The third-order valence-corrected chi connectivity index (χ3v) is 9.11. The van der Waals surface area contributed by atoms with Crippen LogP contribution in [0.3, 0.4) is 0 Å². The van der Waals surface area contributed by atoms with E-state index in [1.165, 1.54) is 6.07 Å². The second kappa shape index (κ2) is 11.8. The third kappa shape index (κ3) is 6.69. The Labute approximate surface area is 232 Å². The van der Waals surface area contributed by atoms with Crippen molar-refractivity contribution in [3.8, 4) is 5.75 Å². The predicted molar refractivity (Wildman–Crippen MR) is 136 cm³/mol. The summed E-state index contributed by atoms with van der Waals surface area (Å²) in [6.07, 6.45) is -5.01. The van der Waals surface area contributed by atoms with Gasteiger partial charge in [0.15, 0.2) is 5.67 Å². The number of hydrogen-bond acceptors (Lipinski definition) is 7. The maximum atomic E-state index is 15.4. The first kappa shape index (κ1) is 30.5. The van der Waals surface area contributed by atoms with Gasteiger partial charge in [0.05, 0.1) is 31.1 Å². The van der Waals surface area contributed by atoms with Gasteiger partial charge in [0.25, 0.3) is 5.56 Å². The van der Waals surface area contributed by atoms with Gasteiger partial charge < -0.3 is 14.8 Å². The lowest BCUT2D eigenvalue weighted by Gasteiger charge is -2.34. The minimum absolute atomic E-state index is 0.0499. The normalized spacial score (nSPS) is 24.6. The molecule has 1 N–H and O–H groups in total. The summed E-state index contributed by atoms with van der Waals surface area (Å²) in [7, 11) is -4.61. The number of halogens is 6. The Kier molecular flexibility index (Phi) is 8.97. The van der Waals surface area contributed by atoms with E-state index in [0.717, 1.165) is 23.0 Å². The van der Waals surface area contributed by atoms with E-state index in [2.05, 4.69) is 15.2 Å². The first-order chi connectivity index (χ1) is 18.7. The molecular weight excluding hydrogens is 587 g/mol. The van der Waals surface area contributed by atoms with Gasteiger partial charge in [0, 0.05) is 19.7 Å². The number of hydrogen-bond donors (Lipinski definition) is 1. The van der Waals surface area contributed by atoms with Gasteiger partial charge in [-0.25, -0.2) is 21.9 Å². The smallest absolute Gasteiger partial charge is 0.404 e. The van der Waals surface area contributed by atoms with Crippen molar-refractivity contribution >= 4 is 27.3 Å². The fourth-order valence-electron chi connectivity index (χ4n) is 4.70. The van der Waals surface area contributed by atoms with Gasteiger partial charge in [-0.1, -0.05) is 24.6 Å². The summed E-state index contributed by atoms with van der Waals surface area (Å²) in [5.74, 6) is -0.926. The van der Waals surface area contributed by atoms with E-state index in [9.17, 15) is 30.8 Å². The molecule has 2 aliphatic rings. The Bertz CT molecular complexity index is 1380. The number of aryl methyl sites for hydroxylation is 1. The molecular formula is C24H28ClF5N4O5S. The fourth-order valence-corrected chi connectivity index (χ4v) is 6.53. The van der Waals surface area contributed by atoms with Crippen molar-refractivity contribution in [2.45, 2.75) is 61.7 Å². The fraction of sp³-hybridized carbons (Fsp3) is 0.583. The highest BCUT2D eigenvalue weighted by Crippen LogP contribution is 2.35. The van der Waals surface area contributed by atoms with E-state index >= 15 is 4.39 Å². The summed E-state index contributed by atoms with van der Waals surface area (Å²) in [4.78, 5) is 12.2. The number of nitrogens with one attached hydrogen (secondary N) is 1. The number of aromatic nitrogens is 2. The lowest BCUT2D eigenvalue weighted by atomic mass is 9.99. The summed E-state index contributed by atoms with van der Waals surface area (Å²) in [6.45, 7) is 0.799. The van der Waals surface area contributed by atoms with Crippen LogP contribution in [0.1, 0.15) is 37.8 Å². The average Bonchev–Trinajstić information content (AvgIpc) is 2.89. The highest BCUT2D eigenvalue weighted by atomic mass is 35.5. The monoisotopic (exact) mass is 614 g/mol. The average molecular weight is 615 g/mol. The first-order valence-corrected chi connectivity index (χ1v) is 14.4. The maximum absolute atomic E-state index is 15.4. The van der Waals surface area contributed by atoms with Crippen molar-refractivity contribution in [2.75, 3.05) is 38.2 Å². The van der Waals surface area contributed by atoms with Crippen LogP contribution < -0.4 is 15.6 Å². The van der Waals surface area contributed by atoms with Crippen LogP contribution in [0, 0.1) is 0 Å². The molecule has 16 heteroatoms. The molecule has 1 aromatic carbocycles. The van der Waals surface area contributed by atoms with E-state index in [1.54, 1.807) is 6.92 Å². The second-order valence-electron chi connectivity index (χ2n) is 9.70. The lowest BCUT2D eigenvalue weighted by Crippen LogP contribution is -2.48. The number of ether oxygens (including phenoxy) is 2. The predicted octanol–water partition coefficient (Wildman–Crippen LogP) is 4.26. The van der Waals surface area contributed by atoms with Gasteiger partial charge >= 0.3 is 6.36 Å². The van der Waals surface area contributed by atoms with Gasteiger partial charge in [0.2, 0.25) is 10.0 Å². The summed E-state index contributed by atoms with van der Waals surface area (Å²) in [6, 6.07) is 2.08. The molecule has 2 aliphatic heterocycles. The summed E-state index contributed by atoms with van der Waals surface area (Å²) in [5.41, 5.74) is -2.03. The molecule has 0 bridgehead atoms. The van der Waals surface area contributed by atoms with Crippen LogP contribution in [0.2, 0.25) is 5.02 Å². The van der Waals surface area contributed by atoms with E-state index in [-0.39, 0.29) is 43.2 Å². The Morgan fingerprint density at radius 2 is 2.08 bits per heavy atom. The minimum atomic E-state index is -5.14. The van der Waals surface area contributed by atoms with Crippen LogP contribution in [-0.4, -0.2) is 73.6 Å². The second-order valence-corrected chi connectivity index (χ2v) is 12.0. The van der Waals surface area contributed by atoms with E-state index in [4.69, 9.17) is 16.3 Å². The Balaban J connectivity index is 1.51. The third-order valence-electron chi connectivity index (χ3n) is 6.86. The number of piperidine rings is 1. The number of nitrogens with zero attached hydrogens (tertiary/aromatic N) is 3. The zero-order chi connectivity index (χ0) is 29.3. The van der Waals surface area contributed by atoms with E-state index in [1.807, 2.05) is 0 Å². The molecule has 0 aliphatic carbocycles. The molecule has 222 valence electrons. The zero-order valence-corrected chi connectivity index (χ0v) is 23.0. The molecule has 3 atom stereocenters. The molecule has 0 spiro atoms. The molecule has 2 aromatic rings. The highest BCUT2D eigenvalue weighted by molar-refractivity contribution is 7.89. The molecule has 0 radical (unpaired) electrons. The highest BCUT2D eigenvalue weighted by Gasteiger charge is 2.41. The molecule has 4 rings (SSSR count). The van der Waals surface area contributed by atoms with Crippen LogP contribution >= 0.6 is 11.6 Å². The van der Waals surface area contributed by atoms with Crippen LogP contribution in [0.4, 0.5) is 27.6 Å². The molecule has 3 heterocycles. The van der Waals surface area contributed by atoms with Crippen molar-refractivity contribution in [1.82, 2.24) is 14.1 Å². The van der Waals surface area contributed by atoms with Crippen LogP contribution in [0.15, 0.2) is 34.1 Å². The lowest BCUT2D eigenvalue weighted by molar-refractivity contribution is -0.275. The standard InChI is InChI=1S/C24H28ClF5N4O5S/c1-2-15-4-5-19(39-24(28,29)30)20(10-15)40(36,37)33-8-6-18(16(26)12-33)34-22(35)21(25)17(11-32-34)31-13-23(27)7-3-9-38-14-23/h4-5,10-11,16,18,31H,2-3,6-9,12-14H2,1H3/t16-,18-,23?/m1/s1. The Hall–Kier alpha value is -2.49. The number of anilines is 1. The topological polar surface area (TPSA) is 103 Å². The van der Waals surface area contributed by atoms with Crippen molar-refractivity contribution < 1.29 is 39.8 Å². The number of alkyl halides is 5. The van der Waals surface area contributed by atoms with Crippen LogP contribution in [0.5, 0.6) is 5.75 Å². The maximum Gasteiger partial charge on any atom is 0.573 e. The zero-order valence-electron chi connectivity index (χ0n) is 21.4. The number of benzene rings is 1. The van der Waals surface area contributed by atoms with Crippen LogP contribution in [0.25, 0.3) is 0 Å². The van der Waals surface area contributed by atoms with Crippen LogP contribution in [-0.2, 0) is 21.2 Å². The van der Waals surface area contributed by atoms with Gasteiger partial charge in [-0.3, -0.25) is 4.79 Å². The summed E-state index contributed by atoms with van der Waals surface area (Å²) in [5, 5.41) is 6.37. The van der Waals surface area contributed by atoms with Crippen molar-refractivity contribution in [3.05, 3.63) is 45.3 Å². The molecule has 1 unspecified atom stereocenters. The van der Waals surface area contributed by atoms with E-state index in [0.29, 0.717) is 29.3 Å². The quantitative estimate of drug-likeness (QED) is 0.443. The van der Waals surface area contributed by atoms with E-state index < -0.39 is 57.0 Å². The molecule has 2 fully saturated rings. The summed E-state index contributed by atoms with van der Waals surface area (Å²) < 4.78 is 106. The number of rotatable bonds is 8. The molecule has 0 saturated carbocycles. The molecule has 1 aromatic heterocycles. The van der Waals surface area contributed by atoms with Gasteiger partial charge in [-0.15, -0.1) is 13.2 Å². The van der Waals surface area contributed by atoms with Crippen molar-refractivity contribution in [3.63, 3.8) is 0 Å². The van der Waals surface area contributed by atoms with Crippen molar-refractivity contribution in [2.24, 2.45) is 0 Å². The Morgan fingerprint density at radius 1 is 1.32 bits per heavy atom. The Morgan fingerprint density at radius 3 is 2.70 bits per heavy atom. The molecule has 2 saturated heterocycles. The molecule has 40 heavy (non-hydrogen) atoms. The number of sulfonamides is 1. The van der Waals surface area contributed by atoms with Crippen molar-refractivity contribution in [1.29, 1.82) is 0 Å². The largest absolute Gasteiger partial charge is 0.573 e. The van der Waals surface area contributed by atoms with Gasteiger partial charge in [-0.2, -0.15) is 9.40 Å². The van der Waals surface area contributed by atoms with Gasteiger partial charge in [-0.05, 0) is 43.4 Å². The van der Waals surface area contributed by atoms with Gasteiger partial charge in [0.1, 0.15) is 21.8 Å². The summed E-state index contributed by atoms with van der Waals surface area (Å²) >= 11 is 6.18. The minimum Gasteiger partial charge on any atom is -0.404 e.